The number of ether oxygens (including phenoxy) is 1. The van der Waals surface area contributed by atoms with Crippen LogP contribution in [0.3, 0.4) is 0 Å². The van der Waals surface area contributed by atoms with Crippen LogP contribution in [0.2, 0.25) is 0 Å². The van der Waals surface area contributed by atoms with Gasteiger partial charge in [-0.1, -0.05) is 32.1 Å². The number of hydrogen-bond acceptors (Lipinski definition) is 6. The lowest BCUT2D eigenvalue weighted by Gasteiger charge is -2.17. The molecule has 0 aliphatic heterocycles. The Bertz CT molecular complexity index is 1400. The molecule has 2 heterocycles. The number of methoxy groups -OCH3 is 1. The van der Waals surface area contributed by atoms with Crippen LogP contribution in [0.15, 0.2) is 53.5 Å². The van der Waals surface area contributed by atoms with E-state index in [1.165, 1.54) is 28.7 Å². The van der Waals surface area contributed by atoms with E-state index in [2.05, 4.69) is 40.3 Å². The van der Waals surface area contributed by atoms with Crippen molar-refractivity contribution in [2.24, 2.45) is 5.92 Å². The first-order valence-corrected chi connectivity index (χ1v) is 12.8. The van der Waals surface area contributed by atoms with Crippen LogP contribution < -0.4 is 16.2 Å². The molecule has 2 aromatic heterocycles. The lowest BCUT2D eigenvalue weighted by atomic mass is 10.0. The summed E-state index contributed by atoms with van der Waals surface area (Å²) >= 11 is 0. The van der Waals surface area contributed by atoms with E-state index in [1.54, 1.807) is 32.4 Å². The third kappa shape index (κ3) is 8.03. The third-order valence-corrected chi connectivity index (χ3v) is 5.99. The molecule has 1 aromatic carbocycles. The standard InChI is InChI=1S/C28H36N6O5/c1-18(2)16-19-10-8-12-20-25(19)32-23(29-20)17-34-15-9-13-22(27(34)37)30-26(36)21(31-28(38)39-5)11-6-7-14-24(35)33(3)4/h7-10,12-15,18,21H,6,11,16-17H2,1-5H3,(H,29,32)(H,30,36)(H,31,38)/b14-7+/t21-/m0/s1. The number of carbonyl (C=O) groups is 3. The summed E-state index contributed by atoms with van der Waals surface area (Å²) in [6.07, 6.45) is 5.28. The summed E-state index contributed by atoms with van der Waals surface area (Å²) in [5.74, 6) is 0.329. The average Bonchev–Trinajstić information content (AvgIpc) is 3.31. The van der Waals surface area contributed by atoms with Crippen molar-refractivity contribution in [1.82, 2.24) is 24.8 Å². The number of likely N-dealkylation sites (N-methyl/N-ethyl adjacent to an activating group) is 1. The molecule has 0 fully saturated rings. The summed E-state index contributed by atoms with van der Waals surface area (Å²) in [6.45, 7) is 4.49. The van der Waals surface area contributed by atoms with Gasteiger partial charge in [0.1, 0.15) is 17.6 Å². The predicted molar refractivity (Wildman–Crippen MR) is 149 cm³/mol. The highest BCUT2D eigenvalue weighted by Crippen LogP contribution is 2.20. The molecule has 39 heavy (non-hydrogen) atoms. The lowest BCUT2D eigenvalue weighted by Crippen LogP contribution is -2.44. The Balaban J connectivity index is 1.75. The second-order valence-corrected chi connectivity index (χ2v) is 9.84. The molecule has 3 rings (SSSR count). The van der Waals surface area contributed by atoms with Crippen LogP contribution in [0.4, 0.5) is 10.5 Å². The minimum atomic E-state index is -0.987. The summed E-state index contributed by atoms with van der Waals surface area (Å²) in [4.78, 5) is 59.2. The minimum absolute atomic E-state index is 0.0640. The molecule has 0 spiro atoms. The number of benzene rings is 1. The number of para-hydroxylation sites is 1. The van der Waals surface area contributed by atoms with Gasteiger partial charge >= 0.3 is 6.09 Å². The van der Waals surface area contributed by atoms with Crippen molar-refractivity contribution in [2.45, 2.75) is 45.7 Å². The SMILES string of the molecule is COC(=O)N[C@@H](CC/C=C/C(=O)N(C)C)C(=O)Nc1cccn(Cc2nc3c(CC(C)C)cccc3[nH]2)c1=O. The predicted octanol–water partition coefficient (Wildman–Crippen LogP) is 3.06. The van der Waals surface area contributed by atoms with Crippen molar-refractivity contribution >= 4 is 34.6 Å². The molecular weight excluding hydrogens is 500 g/mol. The Morgan fingerprint density at radius 2 is 1.95 bits per heavy atom. The van der Waals surface area contributed by atoms with Crippen LogP contribution in [0.1, 0.15) is 38.1 Å². The third-order valence-electron chi connectivity index (χ3n) is 5.99. The van der Waals surface area contributed by atoms with Crippen molar-refractivity contribution in [1.29, 1.82) is 0 Å². The maximum absolute atomic E-state index is 13.2. The number of nitrogens with one attached hydrogen (secondary N) is 3. The summed E-state index contributed by atoms with van der Waals surface area (Å²) in [6, 6.07) is 8.17. The van der Waals surface area contributed by atoms with Gasteiger partial charge in [-0.05, 0) is 55.0 Å². The molecule has 3 N–H and O–H groups in total. The van der Waals surface area contributed by atoms with Gasteiger partial charge in [0.05, 0.1) is 24.7 Å². The van der Waals surface area contributed by atoms with E-state index in [0.717, 1.165) is 23.0 Å². The van der Waals surface area contributed by atoms with Gasteiger partial charge in [0.15, 0.2) is 0 Å². The van der Waals surface area contributed by atoms with Crippen molar-refractivity contribution in [3.05, 3.63) is 70.4 Å². The summed E-state index contributed by atoms with van der Waals surface area (Å²) in [7, 11) is 4.46. The largest absolute Gasteiger partial charge is 0.453 e. The number of H-pyrrole nitrogens is 1. The zero-order chi connectivity index (χ0) is 28.5. The van der Waals surface area contributed by atoms with Crippen molar-refractivity contribution < 1.29 is 19.1 Å². The van der Waals surface area contributed by atoms with Gasteiger partial charge in [0, 0.05) is 20.3 Å². The zero-order valence-corrected chi connectivity index (χ0v) is 23.0. The second kappa shape index (κ2) is 13.4. The number of anilines is 1. The van der Waals surface area contributed by atoms with E-state index >= 15 is 0 Å². The van der Waals surface area contributed by atoms with Crippen LogP contribution in [-0.4, -0.2) is 64.6 Å². The zero-order valence-electron chi connectivity index (χ0n) is 23.0. The Morgan fingerprint density at radius 1 is 1.18 bits per heavy atom. The summed E-state index contributed by atoms with van der Waals surface area (Å²) < 4.78 is 6.09. The van der Waals surface area contributed by atoms with Crippen LogP contribution in [0.25, 0.3) is 11.0 Å². The van der Waals surface area contributed by atoms with E-state index in [9.17, 15) is 19.2 Å². The van der Waals surface area contributed by atoms with Gasteiger partial charge in [-0.3, -0.25) is 14.4 Å². The first kappa shape index (κ1) is 29.2. The van der Waals surface area contributed by atoms with Crippen molar-refractivity contribution in [3.63, 3.8) is 0 Å². The summed E-state index contributed by atoms with van der Waals surface area (Å²) in [5, 5.41) is 5.10. The number of nitrogens with zero attached hydrogens (tertiary/aromatic N) is 3. The fourth-order valence-electron chi connectivity index (χ4n) is 4.03. The van der Waals surface area contributed by atoms with Gasteiger partial charge in [-0.2, -0.15) is 0 Å². The minimum Gasteiger partial charge on any atom is -0.453 e. The number of aromatic nitrogens is 3. The maximum atomic E-state index is 13.2. The topological polar surface area (TPSA) is 138 Å². The highest BCUT2D eigenvalue weighted by atomic mass is 16.5. The van der Waals surface area contributed by atoms with Gasteiger partial charge in [0.25, 0.3) is 5.56 Å². The van der Waals surface area contributed by atoms with Crippen LogP contribution in [-0.2, 0) is 27.3 Å². The molecule has 11 nitrogen and oxygen atoms in total. The number of fused-ring (bicyclic) bond motifs is 1. The Morgan fingerprint density at radius 3 is 2.64 bits per heavy atom. The Hall–Kier alpha value is -4.41. The number of aromatic amines is 1. The molecule has 208 valence electrons. The number of pyridine rings is 1. The number of alkyl carbamates (subject to hydrolysis) is 1. The number of amides is 3. The lowest BCUT2D eigenvalue weighted by molar-refractivity contribution is -0.123. The van der Waals surface area contributed by atoms with Crippen molar-refractivity contribution in [2.75, 3.05) is 26.5 Å². The molecule has 0 saturated carbocycles. The first-order valence-electron chi connectivity index (χ1n) is 12.8. The van der Waals surface area contributed by atoms with Gasteiger partial charge < -0.3 is 29.8 Å². The number of carbonyl (C=O) groups excluding carboxylic acids is 3. The van der Waals surface area contributed by atoms with Crippen LogP contribution in [0.5, 0.6) is 0 Å². The fraction of sp³-hybridized carbons (Fsp3) is 0.393. The van der Waals surface area contributed by atoms with E-state index in [0.29, 0.717) is 18.2 Å². The molecular formula is C28H36N6O5. The fourth-order valence-corrected chi connectivity index (χ4v) is 4.03. The van der Waals surface area contributed by atoms with E-state index in [1.807, 2.05) is 12.1 Å². The Kier molecular flexibility index (Phi) is 10.0. The quantitative estimate of drug-likeness (QED) is 0.322. The second-order valence-electron chi connectivity index (χ2n) is 9.84. The van der Waals surface area contributed by atoms with Crippen LogP contribution >= 0.6 is 0 Å². The number of allylic oxidation sites excluding steroid dienone is 1. The van der Waals surface area contributed by atoms with Crippen molar-refractivity contribution in [3.8, 4) is 0 Å². The van der Waals surface area contributed by atoms with Crippen LogP contribution in [0, 0.1) is 5.92 Å². The molecule has 3 amide bonds. The molecule has 0 unspecified atom stereocenters. The van der Waals surface area contributed by atoms with E-state index in [-0.39, 0.29) is 24.6 Å². The highest BCUT2D eigenvalue weighted by molar-refractivity contribution is 5.96. The number of hydrogen-bond donors (Lipinski definition) is 3. The molecule has 0 aliphatic carbocycles. The Labute approximate surface area is 227 Å². The molecule has 0 saturated heterocycles. The number of rotatable bonds is 11. The summed E-state index contributed by atoms with van der Waals surface area (Å²) in [5.41, 5.74) is 2.58. The van der Waals surface area contributed by atoms with E-state index < -0.39 is 23.6 Å². The molecule has 0 radical (unpaired) electrons. The highest BCUT2D eigenvalue weighted by Gasteiger charge is 2.22. The normalized spacial score (nSPS) is 12.1. The van der Waals surface area contributed by atoms with Gasteiger partial charge in [-0.25, -0.2) is 9.78 Å². The van der Waals surface area contributed by atoms with Gasteiger partial charge in [-0.15, -0.1) is 0 Å². The molecule has 1 atom stereocenters. The van der Waals surface area contributed by atoms with Gasteiger partial charge in [0.2, 0.25) is 11.8 Å². The smallest absolute Gasteiger partial charge is 0.407 e. The maximum Gasteiger partial charge on any atom is 0.407 e. The first-order chi connectivity index (χ1) is 18.6. The average molecular weight is 537 g/mol. The molecule has 0 bridgehead atoms. The molecule has 3 aromatic rings. The number of imidazole rings is 1. The van der Waals surface area contributed by atoms with E-state index in [4.69, 9.17) is 4.98 Å². The molecule has 0 aliphatic rings. The molecule has 11 heteroatoms. The monoisotopic (exact) mass is 536 g/mol.